The quantitative estimate of drug-likeness (QED) is 0.636. The maximum atomic E-state index is 10.6. The van der Waals surface area contributed by atoms with Crippen LogP contribution in [0.2, 0.25) is 0 Å². The van der Waals surface area contributed by atoms with E-state index in [-0.39, 0.29) is 11.8 Å². The van der Waals surface area contributed by atoms with Crippen LogP contribution in [0.4, 0.5) is 9.59 Å². The molecule has 0 heterocycles. The van der Waals surface area contributed by atoms with Crippen LogP contribution in [-0.2, 0) is 4.74 Å². The van der Waals surface area contributed by atoms with E-state index in [1.165, 1.54) is 7.05 Å². The summed E-state index contributed by atoms with van der Waals surface area (Å²) < 4.78 is 4.64. The number of hydrogen-bond donors (Lipinski definition) is 2. The topological polar surface area (TPSA) is 67.4 Å². The van der Waals surface area contributed by atoms with E-state index in [2.05, 4.69) is 15.4 Å². The van der Waals surface area contributed by atoms with Crippen molar-refractivity contribution in [1.82, 2.24) is 10.6 Å². The van der Waals surface area contributed by atoms with Gasteiger partial charge >= 0.3 is 6.09 Å². The van der Waals surface area contributed by atoms with Crippen molar-refractivity contribution in [2.24, 2.45) is 0 Å². The molecule has 0 aliphatic carbocycles. The Labute approximate surface area is 75.2 Å². The van der Waals surface area contributed by atoms with E-state index in [1.807, 2.05) is 0 Å². The molecule has 0 aliphatic rings. The number of thioether (sulfide) groups is 1. The highest BCUT2D eigenvalue weighted by Crippen LogP contribution is 1.99. The lowest BCUT2D eigenvalue weighted by molar-refractivity contribution is 0.155. The van der Waals surface area contributed by atoms with E-state index in [9.17, 15) is 9.59 Å². The van der Waals surface area contributed by atoms with Gasteiger partial charge in [-0.25, -0.2) is 4.79 Å². The first-order valence-electron chi connectivity index (χ1n) is 3.39. The number of ether oxygens (including phenoxy) is 1. The highest BCUT2D eigenvalue weighted by molar-refractivity contribution is 8.13. The number of alkyl carbamates (subject to hydrolysis) is 1. The Hall–Kier alpha value is -0.910. The summed E-state index contributed by atoms with van der Waals surface area (Å²) in [5.41, 5.74) is 0. The third-order valence-corrected chi connectivity index (χ3v) is 1.79. The van der Waals surface area contributed by atoms with Gasteiger partial charge in [-0.1, -0.05) is 11.8 Å². The van der Waals surface area contributed by atoms with Crippen LogP contribution in [0, 0.1) is 0 Å². The van der Waals surface area contributed by atoms with E-state index in [0.717, 1.165) is 11.8 Å². The lowest BCUT2D eigenvalue weighted by Gasteiger charge is -2.02. The van der Waals surface area contributed by atoms with Crippen molar-refractivity contribution >= 4 is 23.1 Å². The number of nitrogens with one attached hydrogen (secondary N) is 2. The normalized spacial score (nSPS) is 8.83. The maximum Gasteiger partial charge on any atom is 0.406 e. The van der Waals surface area contributed by atoms with Gasteiger partial charge in [-0.05, 0) is 0 Å². The number of hydrogen-bond acceptors (Lipinski definition) is 4. The predicted octanol–water partition coefficient (Wildman–Crippen LogP) is 0.415. The zero-order valence-corrected chi connectivity index (χ0v) is 7.86. The molecule has 0 bridgehead atoms. The summed E-state index contributed by atoms with van der Waals surface area (Å²) in [5, 5.41) is 4.60. The van der Waals surface area contributed by atoms with E-state index in [4.69, 9.17) is 0 Å². The van der Waals surface area contributed by atoms with Crippen LogP contribution in [-0.4, -0.2) is 37.8 Å². The lowest BCUT2D eigenvalue weighted by Crippen LogP contribution is -2.21. The van der Waals surface area contributed by atoms with Gasteiger partial charge in [-0.15, -0.1) is 0 Å². The first-order chi connectivity index (χ1) is 5.70. The molecule has 0 unspecified atom stereocenters. The number of carbonyl (C=O) groups is 2. The molecular formula is C6H12N2O3S. The van der Waals surface area contributed by atoms with Gasteiger partial charge in [-0.3, -0.25) is 4.79 Å². The van der Waals surface area contributed by atoms with Crippen molar-refractivity contribution in [3.8, 4) is 0 Å². The first kappa shape index (κ1) is 11.1. The molecule has 0 saturated carbocycles. The Morgan fingerprint density at radius 3 is 2.50 bits per heavy atom. The fraction of sp³-hybridized carbons (Fsp3) is 0.667. The number of amides is 2. The van der Waals surface area contributed by atoms with Crippen LogP contribution in [0.25, 0.3) is 0 Å². The molecular weight excluding hydrogens is 180 g/mol. The fourth-order valence-corrected chi connectivity index (χ4v) is 0.909. The van der Waals surface area contributed by atoms with Gasteiger partial charge in [0.05, 0.1) is 0 Å². The number of carbonyl (C=O) groups excluding carboxylic acids is 2. The molecule has 0 aromatic carbocycles. The van der Waals surface area contributed by atoms with Crippen molar-refractivity contribution in [2.75, 3.05) is 26.5 Å². The Bertz CT molecular complexity index is 145. The van der Waals surface area contributed by atoms with Gasteiger partial charge in [0, 0.05) is 19.8 Å². The molecule has 0 rings (SSSR count). The lowest BCUT2D eigenvalue weighted by atomic mass is 10.8. The van der Waals surface area contributed by atoms with Crippen LogP contribution in [0.5, 0.6) is 0 Å². The second-order valence-electron chi connectivity index (χ2n) is 1.77. The monoisotopic (exact) mass is 192 g/mol. The Morgan fingerprint density at radius 1 is 1.33 bits per heavy atom. The highest BCUT2D eigenvalue weighted by atomic mass is 32.2. The van der Waals surface area contributed by atoms with Gasteiger partial charge in [0.2, 0.25) is 0 Å². The maximum absolute atomic E-state index is 10.6. The third-order valence-electron chi connectivity index (χ3n) is 0.958. The van der Waals surface area contributed by atoms with Crippen LogP contribution < -0.4 is 10.6 Å². The van der Waals surface area contributed by atoms with E-state index in [1.54, 1.807) is 7.05 Å². The Balaban J connectivity index is 3.21. The summed E-state index contributed by atoms with van der Waals surface area (Å²) in [5.74, 6) is 0.465. The summed E-state index contributed by atoms with van der Waals surface area (Å²) >= 11 is 1.07. The molecule has 0 aromatic rings. The molecule has 6 heteroatoms. The first-order valence-corrected chi connectivity index (χ1v) is 4.38. The molecule has 0 radical (unpaired) electrons. The van der Waals surface area contributed by atoms with Gasteiger partial charge in [-0.2, -0.15) is 0 Å². The molecule has 0 atom stereocenters. The minimum atomic E-state index is -0.479. The highest BCUT2D eigenvalue weighted by Gasteiger charge is 2.00. The average Bonchev–Trinajstić information content (AvgIpc) is 2.11. The van der Waals surface area contributed by atoms with Crippen LogP contribution in [0.1, 0.15) is 0 Å². The Kier molecular flexibility index (Phi) is 6.26. The minimum absolute atomic E-state index is 0.129. The molecule has 0 aromatic heterocycles. The van der Waals surface area contributed by atoms with Crippen LogP contribution in [0.3, 0.4) is 0 Å². The smallest absolute Gasteiger partial charge is 0.406 e. The zero-order chi connectivity index (χ0) is 9.40. The van der Waals surface area contributed by atoms with Crippen molar-refractivity contribution in [3.63, 3.8) is 0 Å². The fourth-order valence-electron chi connectivity index (χ4n) is 0.413. The van der Waals surface area contributed by atoms with Gasteiger partial charge in [0.25, 0.3) is 5.24 Å². The number of rotatable bonds is 3. The SMILES string of the molecule is CNC(=O)OCCSC(=O)NC. The summed E-state index contributed by atoms with van der Waals surface area (Å²) in [6.45, 7) is 0.234. The predicted molar refractivity (Wildman–Crippen MR) is 47.3 cm³/mol. The second kappa shape index (κ2) is 6.78. The standard InChI is InChI=1S/C6H12N2O3S/c1-7-5(9)11-3-4-12-6(10)8-2/h3-4H2,1-2H3,(H,7,9)(H,8,10). The van der Waals surface area contributed by atoms with E-state index >= 15 is 0 Å². The molecule has 5 nitrogen and oxygen atoms in total. The van der Waals surface area contributed by atoms with Crippen LogP contribution >= 0.6 is 11.8 Å². The summed E-state index contributed by atoms with van der Waals surface area (Å²) in [4.78, 5) is 21.1. The van der Waals surface area contributed by atoms with E-state index in [0.29, 0.717) is 5.75 Å². The zero-order valence-electron chi connectivity index (χ0n) is 7.05. The summed E-state index contributed by atoms with van der Waals surface area (Å²) in [6, 6.07) is 0. The molecule has 0 saturated heterocycles. The molecule has 2 N–H and O–H groups in total. The third kappa shape index (κ3) is 5.84. The second-order valence-corrected chi connectivity index (χ2v) is 2.84. The van der Waals surface area contributed by atoms with Gasteiger partial charge < -0.3 is 15.4 Å². The molecule has 0 aliphatic heterocycles. The largest absolute Gasteiger partial charge is 0.449 e. The molecule has 0 fully saturated rings. The molecule has 70 valence electrons. The summed E-state index contributed by atoms with van der Waals surface area (Å²) in [7, 11) is 3.03. The van der Waals surface area contributed by atoms with Crippen LogP contribution in [0.15, 0.2) is 0 Å². The molecule has 0 spiro atoms. The Morgan fingerprint density at radius 2 is 2.00 bits per heavy atom. The van der Waals surface area contributed by atoms with Crippen molar-refractivity contribution < 1.29 is 14.3 Å². The molecule has 12 heavy (non-hydrogen) atoms. The molecule has 2 amide bonds. The average molecular weight is 192 g/mol. The van der Waals surface area contributed by atoms with Crippen molar-refractivity contribution in [1.29, 1.82) is 0 Å². The van der Waals surface area contributed by atoms with Crippen molar-refractivity contribution in [3.05, 3.63) is 0 Å². The van der Waals surface area contributed by atoms with E-state index < -0.39 is 6.09 Å². The minimum Gasteiger partial charge on any atom is -0.449 e. The van der Waals surface area contributed by atoms with Gasteiger partial charge in [0.15, 0.2) is 0 Å². The summed E-state index contributed by atoms with van der Waals surface area (Å²) in [6.07, 6.45) is -0.479. The van der Waals surface area contributed by atoms with Crippen molar-refractivity contribution in [2.45, 2.75) is 0 Å². The van der Waals surface area contributed by atoms with Gasteiger partial charge in [0.1, 0.15) is 6.61 Å².